The Bertz CT molecular complexity index is 1370. The molecule has 1 unspecified atom stereocenters. The topological polar surface area (TPSA) is 75.2 Å². The number of halogens is 3. The highest BCUT2D eigenvalue weighted by Gasteiger charge is 2.32. The summed E-state index contributed by atoms with van der Waals surface area (Å²) < 4.78 is 46.2. The van der Waals surface area contributed by atoms with Gasteiger partial charge in [0.1, 0.15) is 5.75 Å². The number of alkyl halides is 3. The fraction of sp³-hybridized carbons (Fsp3) is 0.231. The van der Waals surface area contributed by atoms with Gasteiger partial charge in [0.25, 0.3) is 0 Å². The molecule has 1 aromatic heterocycles. The maximum Gasteiger partial charge on any atom is 0.416 e. The number of benzene rings is 3. The number of para-hydroxylation sites is 1. The van der Waals surface area contributed by atoms with Gasteiger partial charge in [0, 0.05) is 4.90 Å². The van der Waals surface area contributed by atoms with Gasteiger partial charge in [0.05, 0.1) is 28.2 Å². The molecule has 2 N–H and O–H groups in total. The molecule has 0 aliphatic rings. The first-order chi connectivity index (χ1) is 16.7. The second kappa shape index (κ2) is 10.0. The zero-order chi connectivity index (χ0) is 25.2. The molecule has 0 bridgehead atoms. The molecule has 1 atom stereocenters. The van der Waals surface area contributed by atoms with Crippen LogP contribution in [0.15, 0.2) is 65.8 Å². The van der Waals surface area contributed by atoms with Crippen LogP contribution in [0.5, 0.6) is 5.75 Å². The number of fused-ring (bicyclic) bond motifs is 1. The zero-order valence-electron chi connectivity index (χ0n) is 19.0. The van der Waals surface area contributed by atoms with Crippen LogP contribution >= 0.6 is 11.8 Å². The Morgan fingerprint density at radius 1 is 1.14 bits per heavy atom. The van der Waals surface area contributed by atoms with Crippen molar-refractivity contribution < 1.29 is 27.8 Å². The van der Waals surface area contributed by atoms with Gasteiger partial charge >= 0.3 is 12.1 Å². The molecule has 5 nitrogen and oxygen atoms in total. The van der Waals surface area contributed by atoms with Crippen LogP contribution in [-0.4, -0.2) is 27.7 Å². The minimum Gasteiger partial charge on any atom is -0.482 e. The number of aromatic nitrogens is 2. The lowest BCUT2D eigenvalue weighted by Gasteiger charge is -2.22. The quantitative estimate of drug-likeness (QED) is 0.260. The Morgan fingerprint density at radius 2 is 1.94 bits per heavy atom. The van der Waals surface area contributed by atoms with Crippen LogP contribution in [0.3, 0.4) is 0 Å². The Morgan fingerprint density at radius 3 is 2.66 bits per heavy atom. The molecule has 4 aromatic rings. The standard InChI is InChI=1S/C26H23F3N2O3S/c1-3-16-11-18(9-10-22(16)34-13-23(32)33)35-25(19-5-4-6-21-24(19)31-14-30-21)20-12-17(26(27,28)29)8-7-15(20)2/h4-12,14,25H,3,13H2,1-2H3,(H,30,31)(H,32,33). The number of hydrogen-bond acceptors (Lipinski definition) is 4. The van der Waals surface area contributed by atoms with Gasteiger partial charge in [-0.05, 0) is 72.0 Å². The van der Waals surface area contributed by atoms with Crippen LogP contribution in [0.25, 0.3) is 11.0 Å². The number of nitrogens with one attached hydrogen (secondary N) is 1. The van der Waals surface area contributed by atoms with E-state index in [0.29, 0.717) is 23.3 Å². The summed E-state index contributed by atoms with van der Waals surface area (Å²) >= 11 is 1.42. The number of nitrogens with zero attached hydrogens (tertiary/aromatic N) is 1. The monoisotopic (exact) mass is 500 g/mol. The highest BCUT2D eigenvalue weighted by atomic mass is 32.2. The molecule has 0 aliphatic carbocycles. The summed E-state index contributed by atoms with van der Waals surface area (Å²) in [6.07, 6.45) is -2.29. The Balaban J connectivity index is 1.81. The molecule has 0 saturated heterocycles. The number of thioether (sulfide) groups is 1. The number of H-pyrrole nitrogens is 1. The first-order valence-corrected chi connectivity index (χ1v) is 11.8. The van der Waals surface area contributed by atoms with Gasteiger partial charge < -0.3 is 14.8 Å². The zero-order valence-corrected chi connectivity index (χ0v) is 19.8. The van der Waals surface area contributed by atoms with Gasteiger partial charge in [-0.15, -0.1) is 11.8 Å². The molecule has 0 fully saturated rings. The molecule has 0 spiro atoms. The van der Waals surface area contributed by atoms with Gasteiger partial charge in [-0.25, -0.2) is 9.78 Å². The van der Waals surface area contributed by atoms with E-state index in [0.717, 1.165) is 33.2 Å². The van der Waals surface area contributed by atoms with E-state index >= 15 is 0 Å². The molecule has 35 heavy (non-hydrogen) atoms. The summed E-state index contributed by atoms with van der Waals surface area (Å²) in [6.45, 7) is 3.27. The molecule has 0 radical (unpaired) electrons. The van der Waals surface area contributed by atoms with Crippen molar-refractivity contribution in [3.63, 3.8) is 0 Å². The SMILES string of the molecule is CCc1cc(SC(c2cc(C(F)(F)F)ccc2C)c2cccc3[nH]cnc23)ccc1OCC(=O)O. The second-order valence-electron chi connectivity index (χ2n) is 8.02. The van der Waals surface area contributed by atoms with Gasteiger partial charge in [-0.3, -0.25) is 0 Å². The minimum absolute atomic E-state index is 0.452. The average Bonchev–Trinajstić information content (AvgIpc) is 3.30. The predicted molar refractivity (Wildman–Crippen MR) is 129 cm³/mol. The second-order valence-corrected chi connectivity index (χ2v) is 9.20. The van der Waals surface area contributed by atoms with Gasteiger partial charge in [-0.2, -0.15) is 13.2 Å². The van der Waals surface area contributed by atoms with Crippen molar-refractivity contribution in [3.05, 3.63) is 88.7 Å². The van der Waals surface area contributed by atoms with Gasteiger partial charge in [0.15, 0.2) is 6.61 Å². The van der Waals surface area contributed by atoms with E-state index in [4.69, 9.17) is 9.84 Å². The van der Waals surface area contributed by atoms with Gasteiger partial charge in [-0.1, -0.05) is 25.1 Å². The van der Waals surface area contributed by atoms with E-state index in [1.165, 1.54) is 23.9 Å². The number of ether oxygens (including phenoxy) is 1. The van der Waals surface area contributed by atoms with E-state index in [9.17, 15) is 18.0 Å². The van der Waals surface area contributed by atoms with Crippen LogP contribution in [0.2, 0.25) is 0 Å². The highest BCUT2D eigenvalue weighted by Crippen LogP contribution is 2.45. The van der Waals surface area contributed by atoms with Crippen molar-refractivity contribution in [2.24, 2.45) is 0 Å². The normalized spacial score (nSPS) is 12.6. The predicted octanol–water partition coefficient (Wildman–Crippen LogP) is 6.80. The number of aromatic amines is 1. The summed E-state index contributed by atoms with van der Waals surface area (Å²) in [5.41, 5.74) is 3.67. The summed E-state index contributed by atoms with van der Waals surface area (Å²) in [5.74, 6) is -0.599. The average molecular weight is 501 g/mol. The number of imidazole rings is 1. The number of carboxylic acid groups (broad SMARTS) is 1. The molecule has 0 saturated carbocycles. The maximum atomic E-state index is 13.6. The number of carboxylic acids is 1. The van der Waals surface area contributed by atoms with E-state index in [2.05, 4.69) is 9.97 Å². The first kappa shape index (κ1) is 24.7. The molecule has 0 aliphatic heterocycles. The smallest absolute Gasteiger partial charge is 0.416 e. The number of hydrogen-bond donors (Lipinski definition) is 2. The molecule has 9 heteroatoms. The molecule has 4 rings (SSSR count). The number of carbonyl (C=O) groups is 1. The van der Waals surface area contributed by atoms with Crippen LogP contribution < -0.4 is 4.74 Å². The van der Waals surface area contributed by atoms with Crippen LogP contribution in [0.1, 0.15) is 40.0 Å². The molecule has 182 valence electrons. The minimum atomic E-state index is -4.46. The summed E-state index contributed by atoms with van der Waals surface area (Å²) in [6, 6.07) is 14.8. The third-order valence-electron chi connectivity index (χ3n) is 5.67. The van der Waals surface area contributed by atoms with Crippen LogP contribution in [0.4, 0.5) is 13.2 Å². The van der Waals surface area contributed by atoms with E-state index in [1.54, 1.807) is 25.4 Å². The Hall–Kier alpha value is -3.46. The third-order valence-corrected chi connectivity index (χ3v) is 6.94. The number of aryl methyl sites for hydroxylation is 2. The van der Waals surface area contributed by atoms with Crippen molar-refractivity contribution in [3.8, 4) is 5.75 Å². The van der Waals surface area contributed by atoms with Crippen molar-refractivity contribution in [2.75, 3.05) is 6.61 Å². The largest absolute Gasteiger partial charge is 0.482 e. The van der Waals surface area contributed by atoms with E-state index in [-0.39, 0.29) is 0 Å². The fourth-order valence-electron chi connectivity index (χ4n) is 3.92. The van der Waals surface area contributed by atoms with E-state index < -0.39 is 29.6 Å². The molecule has 0 amide bonds. The van der Waals surface area contributed by atoms with Crippen molar-refractivity contribution >= 4 is 28.8 Å². The Labute approximate surface area is 204 Å². The third kappa shape index (κ3) is 5.45. The summed E-state index contributed by atoms with van der Waals surface area (Å²) in [5, 5.41) is 8.45. The highest BCUT2D eigenvalue weighted by molar-refractivity contribution is 7.99. The van der Waals surface area contributed by atoms with Crippen LogP contribution in [-0.2, 0) is 17.4 Å². The van der Waals surface area contributed by atoms with Crippen LogP contribution in [0, 0.1) is 6.92 Å². The lowest BCUT2D eigenvalue weighted by atomic mass is 9.96. The molecule has 1 heterocycles. The lowest BCUT2D eigenvalue weighted by Crippen LogP contribution is -2.10. The molecular formula is C26H23F3N2O3S. The van der Waals surface area contributed by atoms with Crippen molar-refractivity contribution in [2.45, 2.75) is 36.6 Å². The fourth-order valence-corrected chi connectivity index (χ4v) is 5.24. The Kier molecular flexibility index (Phi) is 7.07. The van der Waals surface area contributed by atoms with Crippen molar-refractivity contribution in [1.29, 1.82) is 0 Å². The first-order valence-electron chi connectivity index (χ1n) is 10.9. The number of rotatable bonds is 8. The molecule has 3 aromatic carbocycles. The number of aliphatic carboxylic acids is 1. The van der Waals surface area contributed by atoms with E-state index in [1.807, 2.05) is 31.2 Å². The molecular weight excluding hydrogens is 477 g/mol. The summed E-state index contributed by atoms with van der Waals surface area (Å²) in [7, 11) is 0. The van der Waals surface area contributed by atoms with Crippen molar-refractivity contribution in [1.82, 2.24) is 9.97 Å². The lowest BCUT2D eigenvalue weighted by molar-refractivity contribution is -0.139. The van der Waals surface area contributed by atoms with Gasteiger partial charge in [0.2, 0.25) is 0 Å². The summed E-state index contributed by atoms with van der Waals surface area (Å²) in [4.78, 5) is 19.2. The maximum absolute atomic E-state index is 13.6.